The molecular weight excluding hydrogens is 144 g/mol. The molecule has 2 aromatic rings. The monoisotopic (exact) mass is 150 g/mol. The van der Waals surface area contributed by atoms with E-state index >= 15 is 0 Å². The molecule has 0 unspecified atom stereocenters. The summed E-state index contributed by atoms with van der Waals surface area (Å²) in [6.07, 6.45) is 3.16. The molecule has 0 aliphatic rings. The lowest BCUT2D eigenvalue weighted by Crippen LogP contribution is -2.10. The molecule has 0 saturated carbocycles. The number of nitrogen functional groups attached to an aromatic ring is 2. The van der Waals surface area contributed by atoms with Crippen molar-refractivity contribution in [3.63, 3.8) is 0 Å². The van der Waals surface area contributed by atoms with Crippen molar-refractivity contribution in [3.05, 3.63) is 12.4 Å². The molecule has 2 heterocycles. The van der Waals surface area contributed by atoms with Crippen LogP contribution in [-0.2, 0) is 0 Å². The summed E-state index contributed by atoms with van der Waals surface area (Å²) in [6.45, 7) is 0. The van der Waals surface area contributed by atoms with Crippen molar-refractivity contribution in [3.8, 4) is 0 Å². The quantitative estimate of drug-likeness (QED) is 0.475. The Morgan fingerprint density at radius 2 is 2.18 bits per heavy atom. The normalized spacial score (nSPS) is 10.5. The van der Waals surface area contributed by atoms with Crippen molar-refractivity contribution in [2.24, 2.45) is 0 Å². The van der Waals surface area contributed by atoms with Crippen LogP contribution >= 0.6 is 0 Å². The molecule has 6 nitrogen and oxygen atoms in total. The van der Waals surface area contributed by atoms with Gasteiger partial charge in [0.05, 0.1) is 11.6 Å². The van der Waals surface area contributed by atoms with Crippen LogP contribution in [0.2, 0.25) is 0 Å². The van der Waals surface area contributed by atoms with Crippen LogP contribution in [0.4, 0.5) is 5.95 Å². The Labute approximate surface area is 61.8 Å². The van der Waals surface area contributed by atoms with E-state index in [4.69, 9.17) is 11.6 Å². The molecule has 6 heteroatoms. The van der Waals surface area contributed by atoms with E-state index in [2.05, 4.69) is 15.1 Å². The number of hydrogen-bond acceptors (Lipinski definition) is 5. The molecule has 0 aromatic carbocycles. The Bertz CT molecular complexity index is 391. The Balaban J connectivity index is 2.87. The predicted octanol–water partition coefficient (Wildman–Crippen LogP) is -0.878. The molecule has 4 N–H and O–H groups in total. The lowest BCUT2D eigenvalue weighted by molar-refractivity contribution is 0.849. The highest BCUT2D eigenvalue weighted by atomic mass is 15.5. The van der Waals surface area contributed by atoms with Crippen molar-refractivity contribution >= 4 is 17.0 Å². The maximum absolute atomic E-state index is 5.40. The van der Waals surface area contributed by atoms with Crippen LogP contribution in [0.5, 0.6) is 0 Å². The van der Waals surface area contributed by atoms with Gasteiger partial charge in [-0.15, -0.1) is 0 Å². The maximum Gasteiger partial charge on any atom is 0.222 e. The molecule has 56 valence electrons. The number of hydrogen-bond donors (Lipinski definition) is 2. The zero-order chi connectivity index (χ0) is 7.84. The molecular formula is C5H6N6. The van der Waals surface area contributed by atoms with Gasteiger partial charge in [-0.3, -0.25) is 0 Å². The van der Waals surface area contributed by atoms with Gasteiger partial charge < -0.3 is 11.6 Å². The Morgan fingerprint density at radius 3 is 3.00 bits per heavy atom. The van der Waals surface area contributed by atoms with Crippen LogP contribution in [0, 0.1) is 0 Å². The van der Waals surface area contributed by atoms with E-state index in [0.717, 1.165) is 10.2 Å². The van der Waals surface area contributed by atoms with Gasteiger partial charge in [0.25, 0.3) is 0 Å². The summed E-state index contributed by atoms with van der Waals surface area (Å²) in [6, 6.07) is 0. The number of nitrogens with two attached hydrogens (primary N) is 2. The fourth-order valence-electron chi connectivity index (χ4n) is 0.849. The highest BCUT2D eigenvalue weighted by Gasteiger charge is 2.00. The first-order valence-electron chi connectivity index (χ1n) is 2.99. The van der Waals surface area contributed by atoms with Crippen molar-refractivity contribution in [1.82, 2.24) is 19.9 Å². The number of fused-ring (bicyclic) bond motifs is 1. The molecule has 0 radical (unpaired) electrons. The van der Waals surface area contributed by atoms with Gasteiger partial charge in [0.2, 0.25) is 5.95 Å². The highest BCUT2D eigenvalue weighted by Crippen LogP contribution is 2.07. The number of nitrogens with zero attached hydrogens (tertiary/aromatic N) is 4. The Kier molecular flexibility index (Phi) is 0.974. The first-order valence-corrected chi connectivity index (χ1v) is 2.99. The Morgan fingerprint density at radius 1 is 1.36 bits per heavy atom. The van der Waals surface area contributed by atoms with Gasteiger partial charge in [-0.1, -0.05) is 0 Å². The number of anilines is 1. The third kappa shape index (κ3) is 0.759. The molecule has 2 rings (SSSR count). The van der Waals surface area contributed by atoms with E-state index in [1.807, 2.05) is 0 Å². The predicted molar refractivity (Wildman–Crippen MR) is 39.9 cm³/mol. The fraction of sp³-hybridized carbons (Fsp3) is 0. The van der Waals surface area contributed by atoms with Gasteiger partial charge in [-0.2, -0.15) is 14.9 Å². The third-order valence-corrected chi connectivity index (χ3v) is 1.35. The van der Waals surface area contributed by atoms with E-state index in [0.29, 0.717) is 5.65 Å². The van der Waals surface area contributed by atoms with E-state index in [-0.39, 0.29) is 5.95 Å². The Hall–Kier alpha value is -1.85. The van der Waals surface area contributed by atoms with Gasteiger partial charge in [-0.05, 0) is 0 Å². The molecule has 0 atom stereocenters. The summed E-state index contributed by atoms with van der Waals surface area (Å²) < 4.78 is 0. The van der Waals surface area contributed by atoms with Crippen molar-refractivity contribution in [2.45, 2.75) is 0 Å². The van der Waals surface area contributed by atoms with Gasteiger partial charge >= 0.3 is 0 Å². The van der Waals surface area contributed by atoms with Crippen molar-refractivity contribution in [1.29, 1.82) is 0 Å². The average Bonchev–Trinajstić information content (AvgIpc) is 2.33. The summed E-state index contributed by atoms with van der Waals surface area (Å²) in [5.74, 6) is 5.60. The second kappa shape index (κ2) is 1.82. The summed E-state index contributed by atoms with van der Waals surface area (Å²) in [5.41, 5.74) is 5.87. The average molecular weight is 150 g/mol. The fourth-order valence-corrected chi connectivity index (χ4v) is 0.849. The highest BCUT2D eigenvalue weighted by molar-refractivity contribution is 5.74. The van der Waals surface area contributed by atoms with Gasteiger partial charge in [-0.25, -0.2) is 4.98 Å². The zero-order valence-electron chi connectivity index (χ0n) is 5.60. The maximum atomic E-state index is 5.40. The molecule has 0 saturated heterocycles. The molecule has 0 fully saturated rings. The van der Waals surface area contributed by atoms with Gasteiger partial charge in [0, 0.05) is 6.20 Å². The SMILES string of the molecule is Nc1ncc2cnn(N)c2n1. The number of rotatable bonds is 0. The van der Waals surface area contributed by atoms with Crippen LogP contribution in [0.3, 0.4) is 0 Å². The lowest BCUT2D eigenvalue weighted by Gasteiger charge is -1.92. The summed E-state index contributed by atoms with van der Waals surface area (Å²) in [7, 11) is 0. The smallest absolute Gasteiger partial charge is 0.222 e. The van der Waals surface area contributed by atoms with Crippen molar-refractivity contribution in [2.75, 3.05) is 11.6 Å². The number of aromatic nitrogens is 4. The second-order valence-corrected chi connectivity index (χ2v) is 2.10. The topological polar surface area (TPSA) is 95.6 Å². The van der Waals surface area contributed by atoms with E-state index in [1.165, 1.54) is 0 Å². The summed E-state index contributed by atoms with van der Waals surface area (Å²) in [4.78, 5) is 8.82. The van der Waals surface area contributed by atoms with E-state index < -0.39 is 0 Å². The van der Waals surface area contributed by atoms with Gasteiger partial charge in [0.1, 0.15) is 0 Å². The first-order chi connectivity index (χ1) is 5.27. The van der Waals surface area contributed by atoms with Crippen LogP contribution < -0.4 is 11.6 Å². The minimum atomic E-state index is 0.199. The minimum absolute atomic E-state index is 0.199. The summed E-state index contributed by atoms with van der Waals surface area (Å²) >= 11 is 0. The van der Waals surface area contributed by atoms with Crippen LogP contribution in [0.25, 0.3) is 11.0 Å². The molecule has 0 amide bonds. The standard InChI is InChI=1S/C5H6N6/c6-5-8-1-3-2-9-11(7)4(3)10-5/h1-2H,7H2,(H2,6,8,10). The third-order valence-electron chi connectivity index (χ3n) is 1.35. The lowest BCUT2D eigenvalue weighted by atomic mass is 10.4. The first kappa shape index (κ1) is 5.90. The summed E-state index contributed by atoms with van der Waals surface area (Å²) in [5, 5.41) is 4.55. The molecule has 0 aliphatic heterocycles. The molecule has 0 bridgehead atoms. The van der Waals surface area contributed by atoms with E-state index in [9.17, 15) is 0 Å². The minimum Gasteiger partial charge on any atom is -0.368 e. The molecule has 11 heavy (non-hydrogen) atoms. The van der Waals surface area contributed by atoms with Gasteiger partial charge in [0.15, 0.2) is 5.65 Å². The molecule has 0 aliphatic carbocycles. The molecule has 2 aromatic heterocycles. The van der Waals surface area contributed by atoms with Crippen LogP contribution in [-0.4, -0.2) is 19.9 Å². The van der Waals surface area contributed by atoms with E-state index in [1.54, 1.807) is 12.4 Å². The van der Waals surface area contributed by atoms with Crippen molar-refractivity contribution < 1.29 is 0 Å². The zero-order valence-corrected chi connectivity index (χ0v) is 5.60. The molecule has 0 spiro atoms. The largest absolute Gasteiger partial charge is 0.368 e. The van der Waals surface area contributed by atoms with Crippen LogP contribution in [0.15, 0.2) is 12.4 Å². The second-order valence-electron chi connectivity index (χ2n) is 2.10. The van der Waals surface area contributed by atoms with Crippen LogP contribution in [0.1, 0.15) is 0 Å².